The van der Waals surface area contributed by atoms with Gasteiger partial charge in [0.15, 0.2) is 0 Å². The molecule has 170 valence electrons. The number of benzene rings is 2. The Morgan fingerprint density at radius 1 is 1.12 bits per heavy atom. The molecule has 0 aliphatic heterocycles. The molecule has 9 heteroatoms. The molecule has 0 saturated carbocycles. The molecule has 33 heavy (non-hydrogen) atoms. The summed E-state index contributed by atoms with van der Waals surface area (Å²) in [5.41, 5.74) is 6.20. The van der Waals surface area contributed by atoms with Gasteiger partial charge in [-0.3, -0.25) is 9.59 Å². The van der Waals surface area contributed by atoms with Crippen LogP contribution in [0.25, 0.3) is 0 Å². The number of terminal acetylenes is 1. The molecule has 0 unspecified atom stereocenters. The van der Waals surface area contributed by atoms with Gasteiger partial charge in [0.25, 0.3) is 5.91 Å². The van der Waals surface area contributed by atoms with E-state index >= 15 is 0 Å². The molecule has 2 amide bonds. The fourth-order valence-corrected chi connectivity index (χ4v) is 2.60. The average Bonchev–Trinajstić information content (AvgIpc) is 2.84. The third-order valence-electron chi connectivity index (χ3n) is 4.12. The van der Waals surface area contributed by atoms with Crippen molar-refractivity contribution >= 4 is 23.4 Å². The first-order valence-corrected chi connectivity index (χ1v) is 10.2. The van der Waals surface area contributed by atoms with Crippen LogP contribution in [0.2, 0.25) is 5.02 Å². The first-order chi connectivity index (χ1) is 15.9. The number of hydrogen-bond acceptors (Lipinski definition) is 6. The second-order valence-electron chi connectivity index (χ2n) is 6.51. The predicted molar refractivity (Wildman–Crippen MR) is 125 cm³/mol. The average molecular weight is 467 g/mol. The number of carbonyl (C=O) groups is 2. The predicted octanol–water partition coefficient (Wildman–Crippen LogP) is 3.75. The third-order valence-corrected chi connectivity index (χ3v) is 4.42. The van der Waals surface area contributed by atoms with Crippen molar-refractivity contribution in [1.29, 1.82) is 0 Å². The lowest BCUT2D eigenvalue weighted by atomic mass is 10.2. The number of rotatable bonds is 8. The van der Waals surface area contributed by atoms with Gasteiger partial charge in [-0.1, -0.05) is 23.7 Å². The van der Waals surface area contributed by atoms with Crippen LogP contribution >= 0.6 is 11.6 Å². The molecule has 0 fully saturated rings. The summed E-state index contributed by atoms with van der Waals surface area (Å²) in [4.78, 5) is 29.0. The molecular weight excluding hydrogens is 444 g/mol. The first kappa shape index (κ1) is 25.2. The fourth-order valence-electron chi connectivity index (χ4n) is 2.39. The third kappa shape index (κ3) is 8.89. The maximum atomic E-state index is 11.5. The number of carbonyl (C=O) groups excluding carboxylic acids is 2. The highest BCUT2D eigenvalue weighted by Crippen LogP contribution is 2.32. The van der Waals surface area contributed by atoms with E-state index in [9.17, 15) is 9.59 Å². The summed E-state index contributed by atoms with van der Waals surface area (Å²) in [5.74, 6) is 3.76. The highest BCUT2D eigenvalue weighted by molar-refractivity contribution is 6.32. The van der Waals surface area contributed by atoms with E-state index in [1.807, 2.05) is 24.3 Å². The number of amides is 2. The molecule has 2 aromatic carbocycles. The van der Waals surface area contributed by atoms with Crippen molar-refractivity contribution in [2.24, 2.45) is 5.73 Å². The zero-order valence-corrected chi connectivity index (χ0v) is 18.7. The van der Waals surface area contributed by atoms with E-state index in [0.717, 1.165) is 5.56 Å². The van der Waals surface area contributed by atoms with Crippen LogP contribution in [-0.2, 0) is 11.3 Å². The molecule has 0 aliphatic rings. The van der Waals surface area contributed by atoms with Crippen molar-refractivity contribution < 1.29 is 19.1 Å². The lowest BCUT2D eigenvalue weighted by Crippen LogP contribution is -2.22. The van der Waals surface area contributed by atoms with Crippen LogP contribution in [0, 0.1) is 12.3 Å². The topological polar surface area (TPSA) is 116 Å². The van der Waals surface area contributed by atoms with Gasteiger partial charge in [-0.05, 0) is 29.8 Å². The Morgan fingerprint density at radius 3 is 2.33 bits per heavy atom. The van der Waals surface area contributed by atoms with Crippen LogP contribution < -0.4 is 20.5 Å². The Hall–Kier alpha value is -4.09. The quantitative estimate of drug-likeness (QED) is 0.488. The molecule has 0 radical (unpaired) electrons. The van der Waals surface area contributed by atoms with E-state index < -0.39 is 5.91 Å². The summed E-state index contributed by atoms with van der Waals surface area (Å²) in [7, 11) is 1.58. The maximum absolute atomic E-state index is 11.5. The maximum Gasteiger partial charge on any atom is 0.251 e. The van der Waals surface area contributed by atoms with Crippen LogP contribution in [0.1, 0.15) is 28.8 Å². The summed E-state index contributed by atoms with van der Waals surface area (Å²) >= 11 is 6.15. The molecule has 0 atom stereocenters. The largest absolute Gasteiger partial charge is 0.497 e. The van der Waals surface area contributed by atoms with Gasteiger partial charge in [0.2, 0.25) is 5.91 Å². The lowest BCUT2D eigenvalue weighted by Gasteiger charge is -2.10. The molecule has 3 rings (SSSR count). The Balaban J connectivity index is 0.000000357. The number of ether oxygens (including phenoxy) is 2. The highest BCUT2D eigenvalue weighted by Gasteiger charge is 2.06. The van der Waals surface area contributed by atoms with Crippen LogP contribution in [0.5, 0.6) is 17.2 Å². The van der Waals surface area contributed by atoms with Crippen LogP contribution in [0.3, 0.4) is 0 Å². The van der Waals surface area contributed by atoms with Gasteiger partial charge in [0.05, 0.1) is 17.7 Å². The van der Waals surface area contributed by atoms with Crippen molar-refractivity contribution in [2.45, 2.75) is 19.4 Å². The van der Waals surface area contributed by atoms with E-state index in [4.69, 9.17) is 33.2 Å². The van der Waals surface area contributed by atoms with E-state index in [1.54, 1.807) is 25.3 Å². The Morgan fingerprint density at radius 2 is 1.79 bits per heavy atom. The van der Waals surface area contributed by atoms with Gasteiger partial charge in [0.1, 0.15) is 23.6 Å². The van der Waals surface area contributed by atoms with Gasteiger partial charge in [-0.15, -0.1) is 12.3 Å². The molecule has 1 heterocycles. The van der Waals surface area contributed by atoms with Gasteiger partial charge < -0.3 is 20.5 Å². The Kier molecular flexibility index (Phi) is 10.2. The number of nitrogens with two attached hydrogens (primary N) is 1. The second kappa shape index (κ2) is 13.3. The fraction of sp³-hybridized carbons (Fsp3) is 0.167. The van der Waals surface area contributed by atoms with Crippen molar-refractivity contribution in [3.8, 4) is 29.6 Å². The smallest absolute Gasteiger partial charge is 0.251 e. The standard InChI is InChI=1S/C19H18ClNO3.C5H5N3O/c1-3-4-5-19(22)21-13-14-6-8-15(9-7-14)24-18-11-10-16(23-2)12-17(18)20;6-5(9)4-1-7-3-8-2-4/h1,6-12H,4-5,13H2,2H3,(H,21,22);1-3H,(H2,6,9). The molecule has 1 aromatic heterocycles. The highest BCUT2D eigenvalue weighted by atomic mass is 35.5. The van der Waals surface area contributed by atoms with Crippen molar-refractivity contribution in [2.75, 3.05) is 7.11 Å². The molecule has 3 N–H and O–H groups in total. The number of primary amides is 1. The summed E-state index contributed by atoms with van der Waals surface area (Å²) in [6.07, 6.45) is 10.00. The zero-order valence-electron chi connectivity index (χ0n) is 18.0. The molecule has 0 bridgehead atoms. The summed E-state index contributed by atoms with van der Waals surface area (Å²) in [5, 5.41) is 3.29. The van der Waals surface area contributed by atoms with Gasteiger partial charge in [-0.2, -0.15) is 0 Å². The summed E-state index contributed by atoms with van der Waals surface area (Å²) in [6.45, 7) is 0.451. The van der Waals surface area contributed by atoms with E-state index in [1.165, 1.54) is 18.7 Å². The molecule has 0 aliphatic carbocycles. The van der Waals surface area contributed by atoms with Crippen molar-refractivity contribution in [3.63, 3.8) is 0 Å². The van der Waals surface area contributed by atoms with Crippen LogP contribution in [0.15, 0.2) is 61.2 Å². The summed E-state index contributed by atoms with van der Waals surface area (Å²) < 4.78 is 10.8. The minimum Gasteiger partial charge on any atom is -0.497 e. The Labute approximate surface area is 197 Å². The SMILES string of the molecule is C#CCCC(=O)NCc1ccc(Oc2ccc(OC)cc2Cl)cc1.NC(=O)c1cncnc1. The zero-order chi connectivity index (χ0) is 24.1. The number of aromatic nitrogens is 2. The number of nitrogens with one attached hydrogen (secondary N) is 1. The lowest BCUT2D eigenvalue weighted by molar-refractivity contribution is -0.121. The summed E-state index contributed by atoms with van der Waals surface area (Å²) in [6, 6.07) is 12.6. The number of methoxy groups -OCH3 is 1. The van der Waals surface area contributed by atoms with Gasteiger partial charge in [0, 0.05) is 37.8 Å². The number of halogens is 1. The molecular formula is C24H23ClN4O4. The van der Waals surface area contributed by atoms with E-state index in [0.29, 0.717) is 47.2 Å². The molecule has 0 spiro atoms. The second-order valence-corrected chi connectivity index (χ2v) is 6.92. The van der Waals surface area contributed by atoms with Crippen LogP contribution in [0.4, 0.5) is 0 Å². The minimum atomic E-state index is -0.504. The van der Waals surface area contributed by atoms with E-state index in [2.05, 4.69) is 21.2 Å². The van der Waals surface area contributed by atoms with Crippen LogP contribution in [-0.4, -0.2) is 28.9 Å². The number of nitrogens with zero attached hydrogens (tertiary/aromatic N) is 2. The Bertz CT molecular complexity index is 1100. The van der Waals surface area contributed by atoms with Crippen molar-refractivity contribution in [3.05, 3.63) is 77.3 Å². The van der Waals surface area contributed by atoms with Crippen molar-refractivity contribution in [1.82, 2.24) is 15.3 Å². The molecule has 3 aromatic rings. The first-order valence-electron chi connectivity index (χ1n) is 9.78. The van der Waals surface area contributed by atoms with Gasteiger partial charge >= 0.3 is 0 Å². The molecule has 8 nitrogen and oxygen atoms in total. The van der Waals surface area contributed by atoms with Gasteiger partial charge in [-0.25, -0.2) is 9.97 Å². The van der Waals surface area contributed by atoms with E-state index in [-0.39, 0.29) is 5.91 Å². The normalized spacial score (nSPS) is 9.61. The minimum absolute atomic E-state index is 0.0571. The molecule has 0 saturated heterocycles. The number of hydrogen-bond donors (Lipinski definition) is 2. The monoisotopic (exact) mass is 466 g/mol.